The smallest absolute Gasteiger partial charge is 0.407 e. The van der Waals surface area contributed by atoms with Crippen LogP contribution >= 0.6 is 0 Å². The molecule has 1 unspecified atom stereocenters. The average Bonchev–Trinajstić information content (AvgIpc) is 2.27. The molecule has 0 heterocycles. The van der Waals surface area contributed by atoms with E-state index in [-0.39, 0.29) is 6.61 Å². The normalized spacial score (nSPS) is 12.7. The summed E-state index contributed by atoms with van der Waals surface area (Å²) in [6.45, 7) is 7.53. The molecule has 0 aliphatic rings. The van der Waals surface area contributed by atoms with E-state index in [1.54, 1.807) is 27.7 Å². The molecule has 0 fully saturated rings. The van der Waals surface area contributed by atoms with Crippen molar-refractivity contribution in [1.82, 2.24) is 5.32 Å². The fourth-order valence-corrected chi connectivity index (χ4v) is 1.40. The number of hydrogen-bond acceptors (Lipinski definition) is 5. The molecule has 0 aromatic rings. The van der Waals surface area contributed by atoms with Gasteiger partial charge in [0.15, 0.2) is 0 Å². The SMILES string of the molecule is CCOC(=O)C(CO)CCCNC(=O)OC(C)(C)C. The number of nitrogens with one attached hydrogen (secondary N) is 1. The van der Waals surface area contributed by atoms with E-state index in [1.807, 2.05) is 0 Å². The monoisotopic (exact) mass is 275 g/mol. The number of aliphatic hydroxyl groups excluding tert-OH is 1. The van der Waals surface area contributed by atoms with Crippen LogP contribution < -0.4 is 5.32 Å². The Kier molecular flexibility index (Phi) is 8.14. The summed E-state index contributed by atoms with van der Waals surface area (Å²) in [6, 6.07) is 0. The first-order valence-electron chi connectivity index (χ1n) is 6.54. The van der Waals surface area contributed by atoms with Gasteiger partial charge in [-0.25, -0.2) is 4.79 Å². The van der Waals surface area contributed by atoms with Crippen molar-refractivity contribution in [1.29, 1.82) is 0 Å². The van der Waals surface area contributed by atoms with E-state index in [4.69, 9.17) is 14.6 Å². The number of esters is 1. The summed E-state index contributed by atoms with van der Waals surface area (Å²) < 4.78 is 9.89. The number of amides is 1. The number of ether oxygens (including phenoxy) is 2. The predicted octanol–water partition coefficient (Wildman–Crippen LogP) is 1.46. The topological polar surface area (TPSA) is 84.9 Å². The zero-order valence-corrected chi connectivity index (χ0v) is 12.2. The van der Waals surface area contributed by atoms with Gasteiger partial charge in [0, 0.05) is 6.54 Å². The maximum absolute atomic E-state index is 11.4. The van der Waals surface area contributed by atoms with Crippen LogP contribution in [0.5, 0.6) is 0 Å². The van der Waals surface area contributed by atoms with Crippen LogP contribution in [-0.2, 0) is 14.3 Å². The Labute approximate surface area is 114 Å². The molecule has 6 nitrogen and oxygen atoms in total. The second kappa shape index (κ2) is 8.74. The molecule has 0 rings (SSSR count). The van der Waals surface area contributed by atoms with Crippen LogP contribution in [0.4, 0.5) is 4.79 Å². The predicted molar refractivity (Wildman–Crippen MR) is 70.7 cm³/mol. The molecular formula is C13H25NO5. The van der Waals surface area contributed by atoms with E-state index in [2.05, 4.69) is 5.32 Å². The summed E-state index contributed by atoms with van der Waals surface area (Å²) in [5.74, 6) is -0.928. The summed E-state index contributed by atoms with van der Waals surface area (Å²) in [7, 11) is 0. The van der Waals surface area contributed by atoms with Crippen LogP contribution in [0.25, 0.3) is 0 Å². The molecule has 0 saturated carbocycles. The second-order valence-corrected chi connectivity index (χ2v) is 5.20. The van der Waals surface area contributed by atoms with E-state index < -0.39 is 23.6 Å². The van der Waals surface area contributed by atoms with Gasteiger partial charge in [-0.05, 0) is 40.5 Å². The Balaban J connectivity index is 3.83. The highest BCUT2D eigenvalue weighted by Crippen LogP contribution is 2.09. The highest BCUT2D eigenvalue weighted by atomic mass is 16.6. The minimum atomic E-state index is -0.527. The molecular weight excluding hydrogens is 250 g/mol. The van der Waals surface area contributed by atoms with E-state index >= 15 is 0 Å². The fraction of sp³-hybridized carbons (Fsp3) is 0.846. The summed E-state index contributed by atoms with van der Waals surface area (Å²) in [5.41, 5.74) is -0.525. The molecule has 0 saturated heterocycles. The number of alkyl carbamates (subject to hydrolysis) is 1. The van der Waals surface area contributed by atoms with E-state index in [9.17, 15) is 9.59 Å². The summed E-state index contributed by atoms with van der Waals surface area (Å²) in [6.07, 6.45) is 0.554. The van der Waals surface area contributed by atoms with Gasteiger partial charge in [0.2, 0.25) is 0 Å². The van der Waals surface area contributed by atoms with Gasteiger partial charge in [0.25, 0.3) is 0 Å². The van der Waals surface area contributed by atoms with Gasteiger partial charge >= 0.3 is 12.1 Å². The van der Waals surface area contributed by atoms with Gasteiger partial charge in [0.1, 0.15) is 5.60 Å². The second-order valence-electron chi connectivity index (χ2n) is 5.20. The van der Waals surface area contributed by atoms with Crippen LogP contribution in [0.3, 0.4) is 0 Å². The standard InChI is InChI=1S/C13H25NO5/c1-5-18-11(16)10(9-15)7-6-8-14-12(17)19-13(2,3)4/h10,15H,5-9H2,1-4H3,(H,14,17). The third-order valence-electron chi connectivity index (χ3n) is 2.24. The summed E-state index contributed by atoms with van der Waals surface area (Å²) in [4.78, 5) is 22.7. The molecule has 1 amide bonds. The van der Waals surface area contributed by atoms with Crippen LogP contribution in [0, 0.1) is 5.92 Å². The molecule has 19 heavy (non-hydrogen) atoms. The first-order chi connectivity index (χ1) is 8.80. The Morgan fingerprint density at radius 1 is 1.32 bits per heavy atom. The van der Waals surface area contributed by atoms with Gasteiger partial charge < -0.3 is 19.9 Å². The molecule has 0 aromatic carbocycles. The van der Waals surface area contributed by atoms with Crippen molar-refractivity contribution in [2.24, 2.45) is 5.92 Å². The Bertz CT molecular complexity index is 285. The lowest BCUT2D eigenvalue weighted by molar-refractivity contribution is -0.149. The van der Waals surface area contributed by atoms with Crippen LogP contribution in [0.1, 0.15) is 40.5 Å². The molecule has 0 spiro atoms. The third kappa shape index (κ3) is 9.30. The van der Waals surface area contributed by atoms with Crippen molar-refractivity contribution in [3.63, 3.8) is 0 Å². The third-order valence-corrected chi connectivity index (χ3v) is 2.24. The Morgan fingerprint density at radius 3 is 2.42 bits per heavy atom. The minimum Gasteiger partial charge on any atom is -0.466 e. The zero-order valence-electron chi connectivity index (χ0n) is 12.2. The molecule has 2 N–H and O–H groups in total. The highest BCUT2D eigenvalue weighted by Gasteiger charge is 2.19. The number of carbonyl (C=O) groups is 2. The maximum atomic E-state index is 11.4. The summed E-state index contributed by atoms with van der Waals surface area (Å²) in [5, 5.41) is 11.7. The van der Waals surface area contributed by atoms with Gasteiger partial charge in [0.05, 0.1) is 19.1 Å². The van der Waals surface area contributed by atoms with Crippen molar-refractivity contribution in [3.8, 4) is 0 Å². The van der Waals surface area contributed by atoms with Crippen molar-refractivity contribution < 1.29 is 24.2 Å². The first kappa shape index (κ1) is 17.7. The lowest BCUT2D eigenvalue weighted by atomic mass is 10.0. The van der Waals surface area contributed by atoms with Gasteiger partial charge in [-0.15, -0.1) is 0 Å². The number of aliphatic hydroxyl groups is 1. The average molecular weight is 275 g/mol. The molecule has 0 radical (unpaired) electrons. The Hall–Kier alpha value is -1.30. The van der Waals surface area contributed by atoms with E-state index in [0.717, 1.165) is 0 Å². The Morgan fingerprint density at radius 2 is 1.95 bits per heavy atom. The van der Waals surface area contributed by atoms with Crippen molar-refractivity contribution in [3.05, 3.63) is 0 Å². The lowest BCUT2D eigenvalue weighted by Crippen LogP contribution is -2.33. The molecule has 0 aliphatic carbocycles. The number of hydrogen-bond donors (Lipinski definition) is 2. The number of carbonyl (C=O) groups excluding carboxylic acids is 2. The van der Waals surface area contributed by atoms with Gasteiger partial charge in [-0.3, -0.25) is 4.79 Å². The quantitative estimate of drug-likeness (QED) is 0.543. The first-order valence-corrected chi connectivity index (χ1v) is 6.54. The van der Waals surface area contributed by atoms with Crippen molar-refractivity contribution in [2.45, 2.75) is 46.1 Å². The van der Waals surface area contributed by atoms with Gasteiger partial charge in [-0.1, -0.05) is 0 Å². The molecule has 112 valence electrons. The summed E-state index contributed by atoms with van der Waals surface area (Å²) >= 11 is 0. The lowest BCUT2D eigenvalue weighted by Gasteiger charge is -2.19. The molecule has 0 aliphatic heterocycles. The largest absolute Gasteiger partial charge is 0.466 e. The van der Waals surface area contributed by atoms with E-state index in [1.165, 1.54) is 0 Å². The van der Waals surface area contributed by atoms with Crippen LogP contribution in [-0.4, -0.2) is 42.5 Å². The molecule has 0 aromatic heterocycles. The van der Waals surface area contributed by atoms with Crippen molar-refractivity contribution in [2.75, 3.05) is 19.8 Å². The van der Waals surface area contributed by atoms with Crippen LogP contribution in [0.2, 0.25) is 0 Å². The van der Waals surface area contributed by atoms with Crippen LogP contribution in [0.15, 0.2) is 0 Å². The molecule has 0 bridgehead atoms. The zero-order chi connectivity index (χ0) is 14.9. The number of rotatable bonds is 7. The fourth-order valence-electron chi connectivity index (χ4n) is 1.40. The minimum absolute atomic E-state index is 0.245. The maximum Gasteiger partial charge on any atom is 0.407 e. The molecule has 6 heteroatoms. The highest BCUT2D eigenvalue weighted by molar-refractivity contribution is 5.72. The van der Waals surface area contributed by atoms with E-state index in [0.29, 0.717) is 26.0 Å². The van der Waals surface area contributed by atoms with Crippen molar-refractivity contribution >= 4 is 12.1 Å². The molecule has 1 atom stereocenters. The van der Waals surface area contributed by atoms with Gasteiger partial charge in [-0.2, -0.15) is 0 Å².